The first-order valence-electron chi connectivity index (χ1n) is 37.2. The highest BCUT2D eigenvalue weighted by atomic mass is 16.3. The minimum absolute atomic E-state index is 0.509. The number of nitrogens with zero attached hydrogens (tertiary/aromatic N) is 6. The SMILES string of the molecule is c1ccc(-c2ccc(-c3nc(-n4c5ccc6ccccc6c5c5c6c(ccc54)c4ccccc4c4cc(-c5ccc7oc8nc(-n9c%10ccc%11ccccc%11c%10c%10c%11c%12ccccc%12c%12ccccc%12c%11ccc%109)nc(-c9ccc(-c%10ccccc%10)cc9)c8c7c5)ccc46)nc4c3ccc3ccccc34)cc2)cc1. The molecule has 7 nitrogen and oxygen atoms in total. The van der Waals surface area contributed by atoms with Crippen molar-refractivity contribution in [3.8, 4) is 67.8 Å². The molecule has 5 aromatic heterocycles. The van der Waals surface area contributed by atoms with Gasteiger partial charge in [0.2, 0.25) is 17.6 Å². The average molecular weight is 1380 g/mol. The summed E-state index contributed by atoms with van der Waals surface area (Å²) in [5.41, 5.74) is 16.6. The predicted molar refractivity (Wildman–Crippen MR) is 456 cm³/mol. The van der Waals surface area contributed by atoms with Gasteiger partial charge in [0.1, 0.15) is 5.58 Å². The topological polar surface area (TPSA) is 74.6 Å². The molecule has 0 atom stereocenters. The predicted octanol–water partition coefficient (Wildman–Crippen LogP) is 27.2. The van der Waals surface area contributed by atoms with Crippen molar-refractivity contribution < 1.29 is 4.42 Å². The Hall–Kier alpha value is -14.7. The molecule has 0 aliphatic heterocycles. The summed E-state index contributed by atoms with van der Waals surface area (Å²) in [5, 5.41) is 28.6. The molecular formula is C102H58N6O. The van der Waals surface area contributed by atoms with E-state index in [0.29, 0.717) is 17.6 Å². The first kappa shape index (κ1) is 59.7. The molecule has 502 valence electrons. The van der Waals surface area contributed by atoms with E-state index >= 15 is 0 Å². The smallest absolute Gasteiger partial charge is 0.238 e. The van der Waals surface area contributed by atoms with Crippen LogP contribution >= 0.6 is 0 Å². The zero-order valence-corrected chi connectivity index (χ0v) is 58.6. The van der Waals surface area contributed by atoms with Gasteiger partial charge in [-0.25, -0.2) is 15.0 Å². The van der Waals surface area contributed by atoms with Crippen molar-refractivity contribution in [2.24, 2.45) is 0 Å². The van der Waals surface area contributed by atoms with Crippen molar-refractivity contribution in [3.63, 3.8) is 0 Å². The van der Waals surface area contributed by atoms with E-state index in [1.807, 2.05) is 0 Å². The molecule has 0 radical (unpaired) electrons. The van der Waals surface area contributed by atoms with E-state index in [2.05, 4.69) is 361 Å². The van der Waals surface area contributed by atoms with Crippen molar-refractivity contribution in [1.82, 2.24) is 29.1 Å². The Bertz CT molecular complexity index is 8040. The molecule has 0 fully saturated rings. The lowest BCUT2D eigenvalue weighted by Crippen LogP contribution is -2.04. The van der Waals surface area contributed by atoms with Crippen LogP contribution in [0.15, 0.2) is 356 Å². The fourth-order valence-corrected chi connectivity index (χ4v) is 18.4. The van der Waals surface area contributed by atoms with Gasteiger partial charge in [-0.05, 0) is 163 Å². The van der Waals surface area contributed by atoms with E-state index in [1.165, 1.54) is 81.0 Å². The van der Waals surface area contributed by atoms with Gasteiger partial charge < -0.3 is 4.42 Å². The summed E-state index contributed by atoms with van der Waals surface area (Å²) >= 11 is 0. The molecule has 24 aromatic rings. The zero-order valence-electron chi connectivity index (χ0n) is 58.6. The Labute approximate surface area is 622 Å². The van der Waals surface area contributed by atoms with E-state index in [9.17, 15) is 0 Å². The van der Waals surface area contributed by atoms with Gasteiger partial charge in [-0.3, -0.25) is 9.13 Å². The fourth-order valence-electron chi connectivity index (χ4n) is 18.4. The summed E-state index contributed by atoms with van der Waals surface area (Å²) in [4.78, 5) is 22.9. The van der Waals surface area contributed by atoms with E-state index in [1.54, 1.807) is 0 Å². The quantitative estimate of drug-likeness (QED) is 0.149. The van der Waals surface area contributed by atoms with Crippen molar-refractivity contribution >= 4 is 174 Å². The first-order chi connectivity index (χ1) is 54.1. The van der Waals surface area contributed by atoms with Crippen LogP contribution in [0, 0.1) is 0 Å². The maximum absolute atomic E-state index is 7.14. The lowest BCUT2D eigenvalue weighted by molar-refractivity contribution is 0.651. The molecule has 109 heavy (non-hydrogen) atoms. The number of fused-ring (bicyclic) bond motifs is 30. The summed E-state index contributed by atoms with van der Waals surface area (Å²) in [7, 11) is 0. The van der Waals surface area contributed by atoms with Crippen LogP contribution in [0.2, 0.25) is 0 Å². The Morgan fingerprint density at radius 2 is 0.541 bits per heavy atom. The molecular weight excluding hydrogens is 1330 g/mol. The third-order valence-electron chi connectivity index (χ3n) is 23.3. The monoisotopic (exact) mass is 1380 g/mol. The van der Waals surface area contributed by atoms with Gasteiger partial charge in [-0.1, -0.05) is 303 Å². The van der Waals surface area contributed by atoms with Crippen LogP contribution in [0.5, 0.6) is 0 Å². The summed E-state index contributed by atoms with van der Waals surface area (Å²) < 4.78 is 11.7. The molecule has 5 heterocycles. The lowest BCUT2D eigenvalue weighted by atomic mass is 9.89. The van der Waals surface area contributed by atoms with Gasteiger partial charge >= 0.3 is 0 Å². The van der Waals surface area contributed by atoms with E-state index in [0.717, 1.165) is 143 Å². The highest BCUT2D eigenvalue weighted by molar-refractivity contribution is 6.40. The van der Waals surface area contributed by atoms with Crippen LogP contribution in [0.25, 0.3) is 241 Å². The highest BCUT2D eigenvalue weighted by Crippen LogP contribution is 2.50. The average Bonchev–Trinajstić information content (AvgIpc) is 1.57. The van der Waals surface area contributed by atoms with Crippen LogP contribution in [0.1, 0.15) is 0 Å². The largest absolute Gasteiger partial charge is 0.437 e. The lowest BCUT2D eigenvalue weighted by Gasteiger charge is -2.15. The Kier molecular flexibility index (Phi) is 12.6. The second-order valence-electron chi connectivity index (χ2n) is 29.0. The standard InChI is InChI=1S/C102H58N6O/c1-3-19-59(20-4-1)61-35-39-66(40-36-61)97-82-49-43-65-25-9-12-28-72(65)99(82)105-101(103-97)107-85-52-45-63-23-7-10-26-70(63)92(85)96-87(107)54-51-80-76-32-15-16-33-77(76)83-57-68(44-48-81(83)91(80)96)69-47-56-89-84(58-69)94-98(67-41-37-62(38-42-67)60-21-5-2-6-22-60)104-102(106-100(94)109-89)108-86-53-46-64-24-8-11-27-71(64)93(86)95-88(108)55-50-79-75-31-14-13-29-73(75)74-30-17-18-34-78(74)90(79)95/h1-58H. The second kappa shape index (κ2) is 22.9. The summed E-state index contributed by atoms with van der Waals surface area (Å²) in [6.45, 7) is 0. The molecule has 7 heteroatoms. The van der Waals surface area contributed by atoms with Crippen molar-refractivity contribution in [1.29, 1.82) is 0 Å². The molecule has 0 aliphatic carbocycles. The third kappa shape index (κ3) is 8.75. The molecule has 24 rings (SSSR count). The fraction of sp³-hybridized carbons (Fsp3) is 0. The number of furan rings is 1. The minimum Gasteiger partial charge on any atom is -0.437 e. The maximum Gasteiger partial charge on any atom is 0.238 e. The molecule has 19 aromatic carbocycles. The van der Waals surface area contributed by atoms with Crippen LogP contribution in [0.4, 0.5) is 0 Å². The highest BCUT2D eigenvalue weighted by Gasteiger charge is 2.28. The molecule has 0 saturated heterocycles. The molecule has 0 amide bonds. The summed E-state index contributed by atoms with van der Waals surface area (Å²) in [6, 6.07) is 128. The van der Waals surface area contributed by atoms with Gasteiger partial charge in [0, 0.05) is 59.6 Å². The van der Waals surface area contributed by atoms with Crippen LogP contribution in [-0.2, 0) is 0 Å². The molecule has 0 unspecified atom stereocenters. The van der Waals surface area contributed by atoms with E-state index in [-0.39, 0.29) is 0 Å². The maximum atomic E-state index is 7.14. The van der Waals surface area contributed by atoms with Gasteiger partial charge in [0.15, 0.2) is 0 Å². The van der Waals surface area contributed by atoms with Gasteiger partial charge in [-0.15, -0.1) is 0 Å². The molecule has 0 aliphatic rings. The van der Waals surface area contributed by atoms with Gasteiger partial charge in [0.05, 0.1) is 44.4 Å². The van der Waals surface area contributed by atoms with E-state index in [4.69, 9.17) is 24.4 Å². The van der Waals surface area contributed by atoms with Gasteiger partial charge in [0.25, 0.3) is 0 Å². The normalized spacial score (nSPS) is 12.2. The number of hydrogen-bond acceptors (Lipinski definition) is 5. The summed E-state index contributed by atoms with van der Waals surface area (Å²) in [5.74, 6) is 1.14. The number of hydrogen-bond donors (Lipinski definition) is 0. The second-order valence-corrected chi connectivity index (χ2v) is 29.0. The van der Waals surface area contributed by atoms with E-state index < -0.39 is 0 Å². The summed E-state index contributed by atoms with van der Waals surface area (Å²) in [6.07, 6.45) is 0. The Morgan fingerprint density at radius 1 is 0.193 bits per heavy atom. The Balaban J connectivity index is 0.729. The number of aromatic nitrogens is 6. The molecule has 0 saturated carbocycles. The number of benzene rings is 19. The third-order valence-corrected chi connectivity index (χ3v) is 23.3. The van der Waals surface area contributed by atoms with Crippen LogP contribution in [0.3, 0.4) is 0 Å². The van der Waals surface area contributed by atoms with Crippen molar-refractivity contribution in [3.05, 3.63) is 352 Å². The van der Waals surface area contributed by atoms with Crippen molar-refractivity contribution in [2.75, 3.05) is 0 Å². The first-order valence-corrected chi connectivity index (χ1v) is 37.2. The van der Waals surface area contributed by atoms with Crippen LogP contribution in [-0.4, -0.2) is 29.1 Å². The number of rotatable bonds is 7. The molecule has 0 bridgehead atoms. The Morgan fingerprint density at radius 3 is 1.10 bits per heavy atom. The molecule has 0 N–H and O–H groups in total. The van der Waals surface area contributed by atoms with Crippen LogP contribution < -0.4 is 0 Å². The zero-order chi connectivity index (χ0) is 71.1. The minimum atomic E-state index is 0.509. The van der Waals surface area contributed by atoms with Gasteiger partial charge in [-0.2, -0.15) is 4.98 Å². The van der Waals surface area contributed by atoms with Crippen molar-refractivity contribution in [2.45, 2.75) is 0 Å². The molecule has 0 spiro atoms.